The molecule has 1 atom stereocenters. The van der Waals surface area contributed by atoms with E-state index in [9.17, 15) is 4.79 Å². The monoisotopic (exact) mass is 382 g/mol. The lowest BCUT2D eigenvalue weighted by atomic mass is 10.0. The number of aromatic nitrogens is 1. The highest BCUT2D eigenvalue weighted by Gasteiger charge is 2.16. The molecule has 0 unspecified atom stereocenters. The average Bonchev–Trinajstić information content (AvgIpc) is 2.69. The summed E-state index contributed by atoms with van der Waals surface area (Å²) < 4.78 is 0. The number of amides is 1. The topological polar surface area (TPSA) is 42.0 Å². The molecule has 0 radical (unpaired) electrons. The first kappa shape index (κ1) is 18.5. The number of thioether (sulfide) groups is 1. The van der Waals surface area contributed by atoms with E-state index in [0.29, 0.717) is 17.3 Å². The number of nitrogens with one attached hydrogen (secondary N) is 1. The Balaban J connectivity index is 1.64. The van der Waals surface area contributed by atoms with Gasteiger partial charge in [-0.15, -0.1) is 11.8 Å². The molecule has 0 saturated heterocycles. The normalized spacial score (nSPS) is 11.7. The first-order chi connectivity index (χ1) is 12.7. The lowest BCUT2D eigenvalue weighted by molar-refractivity contribution is -0.118. The summed E-state index contributed by atoms with van der Waals surface area (Å²) in [4.78, 5) is 16.5. The summed E-state index contributed by atoms with van der Waals surface area (Å²) in [6.07, 6.45) is 1.72. The quantitative estimate of drug-likeness (QED) is 0.633. The molecule has 3 rings (SSSR count). The number of carbonyl (C=O) groups excluding carboxylic acids is 1. The van der Waals surface area contributed by atoms with Gasteiger partial charge >= 0.3 is 0 Å². The van der Waals surface area contributed by atoms with Gasteiger partial charge in [-0.25, -0.2) is 0 Å². The number of benzene rings is 2. The molecule has 3 nitrogen and oxygen atoms in total. The Labute approximate surface area is 162 Å². The van der Waals surface area contributed by atoms with Crippen LogP contribution in [0.4, 0.5) is 0 Å². The third-order valence-electron chi connectivity index (χ3n) is 3.85. The van der Waals surface area contributed by atoms with Crippen LogP contribution in [0.3, 0.4) is 0 Å². The molecule has 0 aliphatic carbocycles. The van der Waals surface area contributed by atoms with Gasteiger partial charge < -0.3 is 5.32 Å². The number of carbonyl (C=O) groups is 1. The van der Waals surface area contributed by atoms with Gasteiger partial charge in [-0.2, -0.15) is 0 Å². The van der Waals surface area contributed by atoms with Crippen molar-refractivity contribution in [3.05, 3.63) is 101 Å². The first-order valence-electron chi connectivity index (χ1n) is 8.31. The molecule has 0 saturated carbocycles. The molecule has 1 aromatic heterocycles. The Bertz CT molecular complexity index is 826. The number of hydrogen-bond donors (Lipinski definition) is 1. The van der Waals surface area contributed by atoms with Crippen molar-refractivity contribution in [3.63, 3.8) is 0 Å². The van der Waals surface area contributed by atoms with Gasteiger partial charge in [0.2, 0.25) is 5.91 Å². The summed E-state index contributed by atoms with van der Waals surface area (Å²) in [5.41, 5.74) is 3.14. The van der Waals surface area contributed by atoms with E-state index in [-0.39, 0.29) is 11.2 Å². The second kappa shape index (κ2) is 9.41. The maximum atomic E-state index is 12.3. The fourth-order valence-corrected chi connectivity index (χ4v) is 3.80. The molecule has 0 aliphatic heterocycles. The number of nitrogens with zero attached hydrogens (tertiary/aromatic N) is 1. The number of halogens is 1. The highest BCUT2D eigenvalue weighted by atomic mass is 35.5. The Hall–Kier alpha value is -2.30. The van der Waals surface area contributed by atoms with Gasteiger partial charge in [0, 0.05) is 11.2 Å². The molecular formula is C21H19ClN2OS. The Kier molecular flexibility index (Phi) is 6.69. The summed E-state index contributed by atoms with van der Waals surface area (Å²) in [7, 11) is 0. The molecule has 0 aliphatic rings. The molecule has 1 heterocycles. The van der Waals surface area contributed by atoms with Crippen molar-refractivity contribution in [2.45, 2.75) is 11.8 Å². The maximum Gasteiger partial charge on any atom is 0.230 e. The van der Waals surface area contributed by atoms with Crippen molar-refractivity contribution in [1.29, 1.82) is 0 Å². The minimum atomic E-state index is -0.00412. The smallest absolute Gasteiger partial charge is 0.230 e. The van der Waals surface area contributed by atoms with Gasteiger partial charge in [-0.3, -0.25) is 9.78 Å². The van der Waals surface area contributed by atoms with Crippen molar-refractivity contribution >= 4 is 29.3 Å². The fraction of sp³-hybridized carbons (Fsp3) is 0.143. The lowest BCUT2D eigenvalue weighted by Gasteiger charge is -2.17. The van der Waals surface area contributed by atoms with Crippen LogP contribution in [0.1, 0.15) is 22.1 Å². The van der Waals surface area contributed by atoms with Crippen LogP contribution in [0.5, 0.6) is 0 Å². The third-order valence-corrected chi connectivity index (χ3v) is 5.41. The summed E-state index contributed by atoms with van der Waals surface area (Å²) in [5.74, 6) is 0.366. The van der Waals surface area contributed by atoms with Gasteiger partial charge in [-0.05, 0) is 35.4 Å². The van der Waals surface area contributed by atoms with Crippen LogP contribution in [-0.4, -0.2) is 16.6 Å². The number of pyridine rings is 1. The predicted octanol–water partition coefficient (Wildman–Crippen LogP) is 4.87. The van der Waals surface area contributed by atoms with E-state index in [4.69, 9.17) is 11.6 Å². The van der Waals surface area contributed by atoms with Crippen molar-refractivity contribution in [1.82, 2.24) is 10.3 Å². The molecule has 2 aromatic carbocycles. The summed E-state index contributed by atoms with van der Waals surface area (Å²) in [6, 6.07) is 23.6. The molecule has 0 fully saturated rings. The Morgan fingerprint density at radius 2 is 1.65 bits per heavy atom. The van der Waals surface area contributed by atoms with Gasteiger partial charge in [0.15, 0.2) is 0 Å². The van der Waals surface area contributed by atoms with E-state index in [0.717, 1.165) is 16.8 Å². The van der Waals surface area contributed by atoms with Crippen LogP contribution >= 0.6 is 23.4 Å². The van der Waals surface area contributed by atoms with Gasteiger partial charge in [0.25, 0.3) is 0 Å². The molecule has 5 heteroatoms. The zero-order valence-electron chi connectivity index (χ0n) is 14.1. The van der Waals surface area contributed by atoms with Gasteiger partial charge in [0.1, 0.15) is 0 Å². The van der Waals surface area contributed by atoms with Crippen molar-refractivity contribution in [3.8, 4) is 0 Å². The molecular weight excluding hydrogens is 364 g/mol. The van der Waals surface area contributed by atoms with E-state index < -0.39 is 0 Å². The minimum Gasteiger partial charge on any atom is -0.350 e. The second-order valence-electron chi connectivity index (χ2n) is 5.75. The Morgan fingerprint density at radius 3 is 2.35 bits per heavy atom. The van der Waals surface area contributed by atoms with Crippen LogP contribution in [0, 0.1) is 0 Å². The van der Waals surface area contributed by atoms with E-state index in [2.05, 4.69) is 22.4 Å². The van der Waals surface area contributed by atoms with Crippen LogP contribution < -0.4 is 5.32 Å². The summed E-state index contributed by atoms with van der Waals surface area (Å²) >= 11 is 7.61. The van der Waals surface area contributed by atoms with Gasteiger partial charge in [-0.1, -0.05) is 60.1 Å². The zero-order valence-corrected chi connectivity index (χ0v) is 15.7. The SMILES string of the molecule is O=C(CS[C@@H](c1ccccc1)c1ccc(Cl)cc1)NCc1ccccn1. The summed E-state index contributed by atoms with van der Waals surface area (Å²) in [6.45, 7) is 0.442. The van der Waals surface area contributed by atoms with E-state index in [1.165, 1.54) is 0 Å². The fourth-order valence-electron chi connectivity index (χ4n) is 2.55. The largest absolute Gasteiger partial charge is 0.350 e. The predicted molar refractivity (Wildman–Crippen MR) is 108 cm³/mol. The summed E-state index contributed by atoms with van der Waals surface area (Å²) in [5, 5.41) is 3.71. The number of hydrogen-bond acceptors (Lipinski definition) is 3. The van der Waals surface area contributed by atoms with E-state index >= 15 is 0 Å². The molecule has 0 spiro atoms. The average molecular weight is 383 g/mol. The molecule has 3 aromatic rings. The molecule has 132 valence electrons. The van der Waals surface area contributed by atoms with Gasteiger partial charge in [0.05, 0.1) is 23.2 Å². The standard InChI is InChI=1S/C21H19ClN2OS/c22-18-11-9-17(10-12-18)21(16-6-2-1-3-7-16)26-15-20(25)24-14-19-8-4-5-13-23-19/h1-13,21H,14-15H2,(H,24,25)/t21-/m0/s1. The third kappa shape index (κ3) is 5.35. The van der Waals surface area contributed by atoms with Crippen molar-refractivity contribution < 1.29 is 4.79 Å². The van der Waals surface area contributed by atoms with Crippen molar-refractivity contribution in [2.75, 3.05) is 5.75 Å². The van der Waals surface area contributed by atoms with Crippen molar-refractivity contribution in [2.24, 2.45) is 0 Å². The maximum absolute atomic E-state index is 12.3. The Morgan fingerprint density at radius 1 is 0.962 bits per heavy atom. The lowest BCUT2D eigenvalue weighted by Crippen LogP contribution is -2.25. The van der Waals surface area contributed by atoms with Crippen LogP contribution in [0.25, 0.3) is 0 Å². The minimum absolute atomic E-state index is 0.00412. The second-order valence-corrected chi connectivity index (χ2v) is 7.28. The zero-order chi connectivity index (χ0) is 18.2. The molecule has 26 heavy (non-hydrogen) atoms. The molecule has 0 bridgehead atoms. The highest BCUT2D eigenvalue weighted by molar-refractivity contribution is 8.00. The molecule has 1 N–H and O–H groups in total. The van der Waals surface area contributed by atoms with Crippen LogP contribution in [0.15, 0.2) is 79.0 Å². The van der Waals surface area contributed by atoms with E-state index in [1.807, 2.05) is 60.7 Å². The van der Waals surface area contributed by atoms with Crippen LogP contribution in [0.2, 0.25) is 5.02 Å². The number of rotatable bonds is 7. The highest BCUT2D eigenvalue weighted by Crippen LogP contribution is 2.35. The van der Waals surface area contributed by atoms with Crippen LogP contribution in [-0.2, 0) is 11.3 Å². The van der Waals surface area contributed by atoms with E-state index in [1.54, 1.807) is 18.0 Å². The molecule has 1 amide bonds. The first-order valence-corrected chi connectivity index (χ1v) is 9.73.